The summed E-state index contributed by atoms with van der Waals surface area (Å²) < 4.78 is 1.60. The number of aromatic amines is 1. The quantitative estimate of drug-likeness (QED) is 0.672. The summed E-state index contributed by atoms with van der Waals surface area (Å²) in [6, 6.07) is 6.25. The Balaban J connectivity index is 1.51. The van der Waals surface area contributed by atoms with E-state index >= 15 is 0 Å². The highest BCUT2D eigenvalue weighted by molar-refractivity contribution is 6.20. The smallest absolute Gasteiger partial charge is 0.330 e. The van der Waals surface area contributed by atoms with Crippen LogP contribution in [0.2, 0.25) is 0 Å². The van der Waals surface area contributed by atoms with Crippen LogP contribution in [0.1, 0.15) is 44.0 Å². The number of imide groups is 1. The van der Waals surface area contributed by atoms with Crippen LogP contribution >= 0.6 is 0 Å². The molecule has 0 spiro atoms. The maximum atomic E-state index is 12.5. The Bertz CT molecular complexity index is 1220. The summed E-state index contributed by atoms with van der Waals surface area (Å²) in [5, 5.41) is 5.61. The number of hydrogen-bond acceptors (Lipinski definition) is 6. The molecule has 0 bridgehead atoms. The second kappa shape index (κ2) is 6.69. The zero-order valence-corrected chi connectivity index (χ0v) is 16.1. The van der Waals surface area contributed by atoms with Crippen molar-refractivity contribution in [2.75, 3.05) is 0 Å². The summed E-state index contributed by atoms with van der Waals surface area (Å²) in [6.07, 6.45) is -0.0599. The van der Waals surface area contributed by atoms with Crippen LogP contribution in [0.5, 0.6) is 0 Å². The van der Waals surface area contributed by atoms with E-state index in [1.807, 2.05) is 6.92 Å². The third-order valence-electron chi connectivity index (χ3n) is 5.08. The highest BCUT2D eigenvalue weighted by Gasteiger charge is 2.38. The lowest BCUT2D eigenvalue weighted by molar-refractivity contribution is -0.168. The standard InChI is InChI=1S/C20H18N4O5/c1-10-12(18(26)21-17-16(10)11(2)22-23(17)3)8-9-15(25)29-24-19(27)13-6-4-5-7-14(13)20(24)28/h4-7H,8-9H2,1-3H3,(H,21,26). The molecule has 3 aromatic rings. The Morgan fingerprint density at radius 3 is 2.34 bits per heavy atom. The second-order valence-electron chi connectivity index (χ2n) is 6.90. The number of pyridine rings is 1. The first-order valence-electron chi connectivity index (χ1n) is 9.03. The van der Waals surface area contributed by atoms with E-state index in [0.717, 1.165) is 16.6 Å². The number of nitrogens with one attached hydrogen (secondary N) is 1. The number of carbonyl (C=O) groups excluding carboxylic acids is 3. The van der Waals surface area contributed by atoms with Gasteiger partial charge in [-0.3, -0.25) is 19.1 Å². The molecule has 1 N–H and O–H groups in total. The lowest BCUT2D eigenvalue weighted by atomic mass is 10.0. The van der Waals surface area contributed by atoms with Gasteiger partial charge in [-0.2, -0.15) is 5.10 Å². The van der Waals surface area contributed by atoms with Gasteiger partial charge < -0.3 is 9.82 Å². The average molecular weight is 394 g/mol. The first kappa shape index (κ1) is 18.6. The molecule has 9 heteroatoms. The molecule has 9 nitrogen and oxygen atoms in total. The molecule has 2 aromatic heterocycles. The van der Waals surface area contributed by atoms with Crippen LogP contribution in [0.15, 0.2) is 29.1 Å². The lowest BCUT2D eigenvalue weighted by Gasteiger charge is -2.13. The molecular weight excluding hydrogens is 376 g/mol. The maximum Gasteiger partial charge on any atom is 0.333 e. The predicted molar refractivity (Wildman–Crippen MR) is 102 cm³/mol. The summed E-state index contributed by atoms with van der Waals surface area (Å²) in [6.45, 7) is 3.64. The molecule has 0 radical (unpaired) electrons. The zero-order valence-electron chi connectivity index (χ0n) is 16.1. The molecule has 29 heavy (non-hydrogen) atoms. The molecule has 0 fully saturated rings. The minimum atomic E-state index is -0.777. The van der Waals surface area contributed by atoms with Crippen molar-refractivity contribution in [3.63, 3.8) is 0 Å². The number of H-pyrrole nitrogens is 1. The molecule has 148 valence electrons. The molecule has 2 amide bonds. The number of nitrogens with zero attached hydrogens (tertiary/aromatic N) is 3. The van der Waals surface area contributed by atoms with Gasteiger partial charge in [0.1, 0.15) is 5.65 Å². The number of rotatable bonds is 4. The van der Waals surface area contributed by atoms with Gasteiger partial charge in [0, 0.05) is 18.0 Å². The van der Waals surface area contributed by atoms with Gasteiger partial charge in [0.2, 0.25) is 0 Å². The SMILES string of the molecule is Cc1nn(C)c2[nH]c(=O)c(CCC(=O)ON3C(=O)c4ccccc4C3=O)c(C)c12. The Hall–Kier alpha value is -3.75. The Morgan fingerprint density at radius 2 is 1.72 bits per heavy atom. The molecule has 0 aliphatic carbocycles. The van der Waals surface area contributed by atoms with Gasteiger partial charge in [-0.1, -0.05) is 17.2 Å². The molecule has 1 aliphatic rings. The summed E-state index contributed by atoms with van der Waals surface area (Å²) in [5.41, 5.74) is 2.63. The van der Waals surface area contributed by atoms with E-state index in [4.69, 9.17) is 4.84 Å². The Kier molecular flexibility index (Phi) is 4.30. The van der Waals surface area contributed by atoms with Gasteiger partial charge in [-0.15, -0.1) is 0 Å². The summed E-state index contributed by atoms with van der Waals surface area (Å²) in [4.78, 5) is 57.1. The van der Waals surface area contributed by atoms with Crippen molar-refractivity contribution in [3.8, 4) is 0 Å². The fourth-order valence-corrected chi connectivity index (χ4v) is 3.68. The summed E-state index contributed by atoms with van der Waals surface area (Å²) >= 11 is 0. The molecule has 0 atom stereocenters. The van der Waals surface area contributed by atoms with Crippen molar-refractivity contribution in [2.45, 2.75) is 26.7 Å². The Labute approximate surface area is 164 Å². The number of carbonyl (C=O) groups is 3. The number of benzene rings is 1. The van der Waals surface area contributed by atoms with Gasteiger partial charge >= 0.3 is 5.97 Å². The van der Waals surface area contributed by atoms with Gasteiger partial charge in [-0.25, -0.2) is 4.79 Å². The molecule has 4 rings (SSSR count). The van der Waals surface area contributed by atoms with Gasteiger partial charge in [0.15, 0.2) is 0 Å². The van der Waals surface area contributed by atoms with Crippen LogP contribution in [-0.2, 0) is 23.1 Å². The van der Waals surface area contributed by atoms with Crippen LogP contribution in [0.4, 0.5) is 0 Å². The number of aromatic nitrogens is 3. The second-order valence-corrected chi connectivity index (χ2v) is 6.90. The number of amides is 2. The maximum absolute atomic E-state index is 12.5. The lowest BCUT2D eigenvalue weighted by Crippen LogP contribution is -2.33. The third kappa shape index (κ3) is 2.91. The molecule has 1 aliphatic heterocycles. The van der Waals surface area contributed by atoms with Crippen molar-refractivity contribution in [3.05, 3.63) is 62.6 Å². The largest absolute Gasteiger partial charge is 0.333 e. The number of fused-ring (bicyclic) bond motifs is 2. The van der Waals surface area contributed by atoms with Crippen LogP contribution in [-0.4, -0.2) is 37.6 Å². The van der Waals surface area contributed by atoms with Crippen molar-refractivity contribution < 1.29 is 19.2 Å². The topological polar surface area (TPSA) is 114 Å². The minimum Gasteiger partial charge on any atom is -0.330 e. The van der Waals surface area contributed by atoms with Crippen LogP contribution in [0.25, 0.3) is 11.0 Å². The highest BCUT2D eigenvalue weighted by Crippen LogP contribution is 2.24. The molecule has 0 saturated heterocycles. The van der Waals surface area contributed by atoms with Crippen molar-refractivity contribution in [1.82, 2.24) is 19.8 Å². The van der Waals surface area contributed by atoms with E-state index in [1.54, 1.807) is 30.8 Å². The molecule has 0 unspecified atom stereocenters. The summed E-state index contributed by atoms with van der Waals surface area (Å²) in [7, 11) is 1.74. The number of hydroxylamine groups is 2. The van der Waals surface area contributed by atoms with Crippen molar-refractivity contribution in [2.24, 2.45) is 7.05 Å². The number of hydrogen-bond donors (Lipinski definition) is 1. The first-order valence-corrected chi connectivity index (χ1v) is 9.03. The first-order chi connectivity index (χ1) is 13.8. The van der Waals surface area contributed by atoms with Crippen LogP contribution in [0, 0.1) is 13.8 Å². The van der Waals surface area contributed by atoms with Gasteiger partial charge in [0.25, 0.3) is 17.4 Å². The highest BCUT2D eigenvalue weighted by atomic mass is 16.7. The summed E-state index contributed by atoms with van der Waals surface area (Å²) in [5.74, 6) is -2.14. The Morgan fingerprint density at radius 1 is 1.10 bits per heavy atom. The minimum absolute atomic E-state index is 0.105. The third-order valence-corrected chi connectivity index (χ3v) is 5.08. The van der Waals surface area contributed by atoms with Crippen LogP contribution in [0.3, 0.4) is 0 Å². The van der Waals surface area contributed by atoms with E-state index < -0.39 is 17.8 Å². The van der Waals surface area contributed by atoms with Crippen molar-refractivity contribution >= 4 is 28.8 Å². The number of aryl methyl sites for hydroxylation is 3. The van der Waals surface area contributed by atoms with Gasteiger partial charge in [-0.05, 0) is 38.0 Å². The molecular formula is C20H18N4O5. The van der Waals surface area contributed by atoms with E-state index in [9.17, 15) is 19.2 Å². The fourth-order valence-electron chi connectivity index (χ4n) is 3.68. The van der Waals surface area contributed by atoms with Crippen molar-refractivity contribution in [1.29, 1.82) is 0 Å². The fraction of sp³-hybridized carbons (Fsp3) is 0.250. The molecule has 3 heterocycles. The monoisotopic (exact) mass is 394 g/mol. The zero-order chi connectivity index (χ0) is 20.9. The normalized spacial score (nSPS) is 13.3. The van der Waals surface area contributed by atoms with E-state index in [1.165, 1.54) is 12.1 Å². The van der Waals surface area contributed by atoms with E-state index in [-0.39, 0.29) is 29.5 Å². The molecule has 1 aromatic carbocycles. The van der Waals surface area contributed by atoms with Crippen LogP contribution < -0.4 is 5.56 Å². The average Bonchev–Trinajstić information content (AvgIpc) is 3.10. The van der Waals surface area contributed by atoms with E-state index in [2.05, 4.69) is 10.1 Å². The predicted octanol–water partition coefficient (Wildman–Crippen LogP) is 1.57. The molecule has 0 saturated carbocycles. The van der Waals surface area contributed by atoms with Gasteiger partial charge in [0.05, 0.1) is 23.2 Å². The van der Waals surface area contributed by atoms with E-state index in [0.29, 0.717) is 16.3 Å².